The Labute approximate surface area is 174 Å². The Kier molecular flexibility index (Phi) is 5.55. The molecule has 4 rings (SSSR count). The first-order valence-electron chi connectivity index (χ1n) is 9.22. The first-order chi connectivity index (χ1) is 13.6. The van der Waals surface area contributed by atoms with Crippen LogP contribution in [0.15, 0.2) is 59.7 Å². The van der Waals surface area contributed by atoms with E-state index in [9.17, 15) is 0 Å². The van der Waals surface area contributed by atoms with Crippen molar-refractivity contribution in [2.24, 2.45) is 5.10 Å². The lowest BCUT2D eigenvalue weighted by atomic mass is 10.2. The normalized spacial score (nSPS) is 14.8. The summed E-state index contributed by atoms with van der Waals surface area (Å²) in [7, 11) is 0. The molecular formula is C21H21Cl2N5. The Bertz CT molecular complexity index is 958. The van der Waals surface area contributed by atoms with Gasteiger partial charge in [0, 0.05) is 23.8 Å². The number of hydrazone groups is 1. The van der Waals surface area contributed by atoms with Crippen molar-refractivity contribution in [1.29, 1.82) is 0 Å². The maximum Gasteiger partial charge on any atom is 0.142 e. The second kappa shape index (κ2) is 8.25. The van der Waals surface area contributed by atoms with E-state index in [4.69, 9.17) is 23.2 Å². The highest BCUT2D eigenvalue weighted by molar-refractivity contribution is 6.32. The predicted molar refractivity (Wildman–Crippen MR) is 116 cm³/mol. The number of benzene rings is 2. The van der Waals surface area contributed by atoms with Gasteiger partial charge in [-0.1, -0.05) is 41.4 Å². The van der Waals surface area contributed by atoms with Crippen molar-refractivity contribution in [2.45, 2.75) is 6.92 Å². The summed E-state index contributed by atoms with van der Waals surface area (Å²) in [6, 6.07) is 17.8. The maximum atomic E-state index is 6.57. The first kappa shape index (κ1) is 18.8. The number of piperazine rings is 1. The number of para-hydroxylation sites is 1. The lowest BCUT2D eigenvalue weighted by Gasteiger charge is -2.34. The molecule has 5 nitrogen and oxygen atoms in total. The number of hydrogen-bond acceptors (Lipinski definition) is 4. The SMILES string of the molecule is Cc1nn(-c2ccccc2)c(Cl)c1/C=N\N1CCN(c2ccc(Cl)cc2)CC1. The summed E-state index contributed by atoms with van der Waals surface area (Å²) in [5.41, 5.74) is 3.84. The average Bonchev–Trinajstić information content (AvgIpc) is 3.02. The van der Waals surface area contributed by atoms with E-state index in [1.807, 2.05) is 55.6 Å². The van der Waals surface area contributed by atoms with Gasteiger partial charge in [0.05, 0.1) is 36.2 Å². The quantitative estimate of drug-likeness (QED) is 0.584. The average molecular weight is 414 g/mol. The number of hydrogen-bond donors (Lipinski definition) is 0. The molecule has 0 saturated carbocycles. The van der Waals surface area contributed by atoms with Crippen LogP contribution in [0.2, 0.25) is 10.2 Å². The molecule has 7 heteroatoms. The van der Waals surface area contributed by atoms with Crippen LogP contribution in [0.4, 0.5) is 5.69 Å². The lowest BCUT2D eigenvalue weighted by Crippen LogP contribution is -2.44. The summed E-state index contributed by atoms with van der Waals surface area (Å²) in [6.07, 6.45) is 1.82. The van der Waals surface area contributed by atoms with E-state index in [0.29, 0.717) is 5.15 Å². The van der Waals surface area contributed by atoms with E-state index in [1.165, 1.54) is 5.69 Å². The molecule has 144 valence electrons. The molecule has 0 spiro atoms. The van der Waals surface area contributed by atoms with Gasteiger partial charge in [-0.25, -0.2) is 4.68 Å². The van der Waals surface area contributed by atoms with Gasteiger partial charge in [0.1, 0.15) is 5.15 Å². The van der Waals surface area contributed by atoms with E-state index >= 15 is 0 Å². The van der Waals surface area contributed by atoms with Gasteiger partial charge in [0.25, 0.3) is 0 Å². The zero-order valence-electron chi connectivity index (χ0n) is 15.6. The minimum absolute atomic E-state index is 0.576. The van der Waals surface area contributed by atoms with Crippen molar-refractivity contribution in [3.8, 4) is 5.69 Å². The molecule has 0 radical (unpaired) electrons. The number of nitrogens with zero attached hydrogens (tertiary/aromatic N) is 5. The second-order valence-electron chi connectivity index (χ2n) is 6.70. The lowest BCUT2D eigenvalue weighted by molar-refractivity contribution is 0.272. The number of rotatable bonds is 4. The van der Waals surface area contributed by atoms with Crippen molar-refractivity contribution >= 4 is 35.1 Å². The number of aromatic nitrogens is 2. The Hall–Kier alpha value is -2.50. The highest BCUT2D eigenvalue weighted by Gasteiger charge is 2.17. The molecule has 1 aliphatic heterocycles. The Morgan fingerprint density at radius 1 is 0.893 bits per heavy atom. The summed E-state index contributed by atoms with van der Waals surface area (Å²) < 4.78 is 1.75. The van der Waals surface area contributed by atoms with Crippen LogP contribution in [0.5, 0.6) is 0 Å². The van der Waals surface area contributed by atoms with E-state index in [1.54, 1.807) is 4.68 Å². The van der Waals surface area contributed by atoms with Gasteiger partial charge in [-0.2, -0.15) is 10.2 Å². The molecule has 0 unspecified atom stereocenters. The standard InChI is InChI=1S/C21H21Cl2N5/c1-16-20(21(23)28(25-16)19-5-3-2-4-6-19)15-24-27-13-11-26(12-14-27)18-9-7-17(22)8-10-18/h2-10,15H,11-14H2,1H3/b24-15-. The Morgan fingerprint density at radius 2 is 1.57 bits per heavy atom. The molecule has 0 atom stereocenters. The van der Waals surface area contributed by atoms with Gasteiger partial charge >= 0.3 is 0 Å². The zero-order chi connectivity index (χ0) is 19.5. The van der Waals surface area contributed by atoms with Crippen molar-refractivity contribution in [1.82, 2.24) is 14.8 Å². The van der Waals surface area contributed by atoms with Crippen LogP contribution in [0, 0.1) is 6.92 Å². The third-order valence-corrected chi connectivity index (χ3v) is 5.46. The van der Waals surface area contributed by atoms with Crippen molar-refractivity contribution in [3.63, 3.8) is 0 Å². The molecule has 0 aliphatic carbocycles. The van der Waals surface area contributed by atoms with Crippen LogP contribution >= 0.6 is 23.2 Å². The fourth-order valence-corrected chi connectivity index (χ4v) is 3.71. The van der Waals surface area contributed by atoms with Crippen molar-refractivity contribution in [2.75, 3.05) is 31.1 Å². The van der Waals surface area contributed by atoms with Gasteiger partial charge in [0.2, 0.25) is 0 Å². The summed E-state index contributed by atoms with van der Waals surface area (Å²) in [5, 5.41) is 12.6. The van der Waals surface area contributed by atoms with Crippen LogP contribution in [-0.4, -0.2) is 47.2 Å². The maximum absolute atomic E-state index is 6.57. The van der Waals surface area contributed by atoms with Gasteiger partial charge in [-0.3, -0.25) is 5.01 Å². The summed E-state index contributed by atoms with van der Waals surface area (Å²) in [6.45, 7) is 5.47. The molecule has 2 aromatic carbocycles. The third-order valence-electron chi connectivity index (χ3n) is 4.85. The largest absolute Gasteiger partial charge is 0.368 e. The van der Waals surface area contributed by atoms with Crippen LogP contribution in [0.3, 0.4) is 0 Å². The predicted octanol–water partition coefficient (Wildman–Crippen LogP) is 4.64. The van der Waals surface area contributed by atoms with E-state index < -0.39 is 0 Å². The number of aryl methyl sites for hydroxylation is 1. The van der Waals surface area contributed by atoms with Crippen LogP contribution in [0.1, 0.15) is 11.3 Å². The summed E-state index contributed by atoms with van der Waals surface area (Å²) >= 11 is 12.5. The molecule has 28 heavy (non-hydrogen) atoms. The van der Waals surface area contributed by atoms with Crippen molar-refractivity contribution < 1.29 is 0 Å². The van der Waals surface area contributed by atoms with E-state index in [2.05, 4.69) is 32.2 Å². The molecule has 0 N–H and O–H groups in total. The van der Waals surface area contributed by atoms with Gasteiger partial charge in [-0.05, 0) is 43.3 Å². The molecular weight excluding hydrogens is 393 g/mol. The molecule has 2 heterocycles. The minimum atomic E-state index is 0.576. The summed E-state index contributed by atoms with van der Waals surface area (Å²) in [4.78, 5) is 2.34. The molecule has 1 fully saturated rings. The topological polar surface area (TPSA) is 36.7 Å². The van der Waals surface area contributed by atoms with Crippen LogP contribution in [-0.2, 0) is 0 Å². The fraction of sp³-hybridized carbons (Fsp3) is 0.238. The Balaban J connectivity index is 1.43. The second-order valence-corrected chi connectivity index (χ2v) is 7.49. The molecule has 0 bridgehead atoms. The monoisotopic (exact) mass is 413 g/mol. The van der Waals surface area contributed by atoms with E-state index in [-0.39, 0.29) is 0 Å². The Morgan fingerprint density at radius 3 is 2.25 bits per heavy atom. The summed E-state index contributed by atoms with van der Waals surface area (Å²) in [5.74, 6) is 0. The van der Waals surface area contributed by atoms with E-state index in [0.717, 1.165) is 48.1 Å². The van der Waals surface area contributed by atoms with Crippen LogP contribution in [0.25, 0.3) is 5.69 Å². The van der Waals surface area contributed by atoms with Crippen molar-refractivity contribution in [3.05, 3.63) is 76.0 Å². The number of halogens is 2. The highest BCUT2D eigenvalue weighted by atomic mass is 35.5. The smallest absolute Gasteiger partial charge is 0.142 e. The number of anilines is 1. The van der Waals surface area contributed by atoms with Crippen LogP contribution < -0.4 is 4.90 Å². The third kappa shape index (κ3) is 4.01. The molecule has 1 saturated heterocycles. The highest BCUT2D eigenvalue weighted by Crippen LogP contribution is 2.23. The van der Waals surface area contributed by atoms with Gasteiger partial charge in [-0.15, -0.1) is 0 Å². The minimum Gasteiger partial charge on any atom is -0.368 e. The molecule has 0 amide bonds. The molecule has 3 aromatic rings. The zero-order valence-corrected chi connectivity index (χ0v) is 17.1. The first-order valence-corrected chi connectivity index (χ1v) is 9.97. The molecule has 1 aliphatic rings. The fourth-order valence-electron chi connectivity index (χ4n) is 3.26. The molecule has 1 aromatic heterocycles. The van der Waals surface area contributed by atoms with Gasteiger partial charge < -0.3 is 4.90 Å². The van der Waals surface area contributed by atoms with Gasteiger partial charge in [0.15, 0.2) is 0 Å².